The van der Waals surface area contributed by atoms with Crippen molar-refractivity contribution in [3.05, 3.63) is 193 Å². The molecule has 1 atom stereocenters. The quantitative estimate of drug-likeness (QED) is 0.196. The molecule has 3 heterocycles. The van der Waals surface area contributed by atoms with Crippen molar-refractivity contribution < 1.29 is 0 Å². The number of thiophene rings is 1. The maximum Gasteiger partial charge on any atom is 0.146 e. The summed E-state index contributed by atoms with van der Waals surface area (Å²) in [4.78, 5) is 5.39. The summed E-state index contributed by atoms with van der Waals surface area (Å²) in [5, 5.41) is 8.89. The summed E-state index contributed by atoms with van der Waals surface area (Å²) in [7, 11) is 0. The monoisotopic (exact) mass is 657 g/mol. The van der Waals surface area contributed by atoms with Gasteiger partial charge in [-0.15, -0.1) is 11.3 Å². The Bertz CT molecular complexity index is 2770. The summed E-state index contributed by atoms with van der Waals surface area (Å²) in [6, 6.07) is 60.9. The van der Waals surface area contributed by atoms with Gasteiger partial charge >= 0.3 is 0 Å². The molecule has 0 radical (unpaired) electrons. The van der Waals surface area contributed by atoms with Crippen LogP contribution in [0, 0.1) is 0 Å². The van der Waals surface area contributed by atoms with Gasteiger partial charge in [0.2, 0.25) is 0 Å². The van der Waals surface area contributed by atoms with E-state index < -0.39 is 0 Å². The number of para-hydroxylation sites is 1. The zero-order valence-electron chi connectivity index (χ0n) is 27.1. The van der Waals surface area contributed by atoms with Crippen LogP contribution in [0.1, 0.15) is 22.9 Å². The third kappa shape index (κ3) is 4.76. The van der Waals surface area contributed by atoms with E-state index in [2.05, 4.69) is 186 Å². The van der Waals surface area contributed by atoms with Crippen molar-refractivity contribution >= 4 is 64.7 Å². The zero-order chi connectivity index (χ0) is 33.0. The fraction of sp³-hybridized carbons (Fsp3) is 0.0217. The highest BCUT2D eigenvalue weighted by molar-refractivity contribution is 7.25. The van der Waals surface area contributed by atoms with E-state index in [1.165, 1.54) is 53.1 Å². The minimum atomic E-state index is -0.287. The van der Waals surface area contributed by atoms with Gasteiger partial charge in [0, 0.05) is 47.9 Å². The van der Waals surface area contributed by atoms with Crippen LogP contribution in [-0.2, 0) is 0 Å². The first-order chi connectivity index (χ1) is 24.8. The van der Waals surface area contributed by atoms with Gasteiger partial charge in [0.1, 0.15) is 6.17 Å². The van der Waals surface area contributed by atoms with E-state index in [9.17, 15) is 0 Å². The first kappa shape index (κ1) is 28.8. The van der Waals surface area contributed by atoms with Gasteiger partial charge in [0.05, 0.1) is 16.7 Å². The Morgan fingerprint density at radius 1 is 0.500 bits per heavy atom. The Morgan fingerprint density at radius 2 is 1.14 bits per heavy atom. The second-order valence-corrected chi connectivity index (χ2v) is 13.9. The van der Waals surface area contributed by atoms with Crippen molar-refractivity contribution in [2.45, 2.75) is 6.17 Å². The fourth-order valence-electron chi connectivity index (χ4n) is 7.49. The summed E-state index contributed by atoms with van der Waals surface area (Å²) in [6.45, 7) is 0. The standard InChI is InChI=1S/C46H31N3S/c1-3-12-30(13-4-1)31-22-24-33(25-23-31)40-29-39(32-14-5-2-6-15-32)47-46(48-40)37-18-11-20-42-45(37)36-17-7-9-19-41(36)49(42)34-26-27-44-38(28-34)35-16-8-10-21-43(35)50-44/h1-29,46,48H. The van der Waals surface area contributed by atoms with Crippen molar-refractivity contribution in [3.63, 3.8) is 0 Å². The zero-order valence-corrected chi connectivity index (χ0v) is 27.9. The maximum absolute atomic E-state index is 5.39. The van der Waals surface area contributed by atoms with Crippen LogP contribution in [0.3, 0.4) is 0 Å². The van der Waals surface area contributed by atoms with Crippen molar-refractivity contribution in [3.8, 4) is 16.8 Å². The number of benzene rings is 7. The lowest BCUT2D eigenvalue weighted by molar-refractivity contribution is 0.669. The molecule has 50 heavy (non-hydrogen) atoms. The number of hydrogen-bond donors (Lipinski definition) is 1. The minimum absolute atomic E-state index is 0.287. The normalized spacial score (nSPS) is 14.6. The van der Waals surface area contributed by atoms with E-state index in [0.717, 1.165) is 33.8 Å². The molecule has 1 aliphatic rings. The molecular weight excluding hydrogens is 627 g/mol. The molecule has 4 heteroatoms. The summed E-state index contributed by atoms with van der Waals surface area (Å²) in [5.74, 6) is 0. The van der Waals surface area contributed by atoms with E-state index in [1.807, 2.05) is 11.3 Å². The van der Waals surface area contributed by atoms with Crippen molar-refractivity contribution in [1.29, 1.82) is 0 Å². The molecule has 0 saturated heterocycles. The predicted molar refractivity (Wildman–Crippen MR) is 212 cm³/mol. The molecule has 0 bridgehead atoms. The van der Waals surface area contributed by atoms with Crippen LogP contribution >= 0.6 is 11.3 Å². The van der Waals surface area contributed by atoms with Crippen molar-refractivity contribution in [1.82, 2.24) is 9.88 Å². The molecule has 0 amide bonds. The number of nitrogens with zero attached hydrogens (tertiary/aromatic N) is 2. The molecule has 9 aromatic rings. The average molecular weight is 658 g/mol. The lowest BCUT2D eigenvalue weighted by atomic mass is 9.98. The topological polar surface area (TPSA) is 29.3 Å². The number of allylic oxidation sites excluding steroid dienone is 1. The van der Waals surface area contributed by atoms with E-state index in [-0.39, 0.29) is 6.17 Å². The molecule has 0 aliphatic carbocycles. The number of hydrogen-bond acceptors (Lipinski definition) is 3. The van der Waals surface area contributed by atoms with Gasteiger partial charge in [-0.3, -0.25) is 4.99 Å². The van der Waals surface area contributed by atoms with E-state index in [4.69, 9.17) is 4.99 Å². The van der Waals surface area contributed by atoms with E-state index in [1.54, 1.807) is 0 Å². The summed E-state index contributed by atoms with van der Waals surface area (Å²) in [5.41, 5.74) is 11.3. The van der Waals surface area contributed by atoms with Gasteiger partial charge in [0.25, 0.3) is 0 Å². The molecule has 0 spiro atoms. The van der Waals surface area contributed by atoms with Gasteiger partial charge in [-0.1, -0.05) is 133 Å². The van der Waals surface area contributed by atoms with Crippen LogP contribution in [0.5, 0.6) is 0 Å². The number of fused-ring (bicyclic) bond motifs is 6. The number of nitrogens with one attached hydrogen (secondary N) is 1. The molecule has 1 aliphatic heterocycles. The number of aromatic nitrogens is 1. The Kier molecular flexibility index (Phi) is 6.74. The Balaban J connectivity index is 1.13. The number of aliphatic imine (C=N–C) groups is 1. The van der Waals surface area contributed by atoms with Gasteiger partial charge in [-0.25, -0.2) is 0 Å². The molecule has 236 valence electrons. The molecule has 0 saturated carbocycles. The molecule has 3 nitrogen and oxygen atoms in total. The maximum atomic E-state index is 5.39. The largest absolute Gasteiger partial charge is 0.359 e. The molecule has 1 N–H and O–H groups in total. The van der Waals surface area contributed by atoms with Crippen LogP contribution < -0.4 is 5.32 Å². The molecule has 1 unspecified atom stereocenters. The molecule has 7 aromatic carbocycles. The molecule has 10 rings (SSSR count). The summed E-state index contributed by atoms with van der Waals surface area (Å²) in [6.07, 6.45) is 1.90. The van der Waals surface area contributed by atoms with Gasteiger partial charge < -0.3 is 9.88 Å². The van der Waals surface area contributed by atoms with Crippen molar-refractivity contribution in [2.24, 2.45) is 4.99 Å². The Labute approximate surface area is 294 Å². The second kappa shape index (κ2) is 11.7. The van der Waals surface area contributed by atoms with Gasteiger partial charge in [0.15, 0.2) is 0 Å². The van der Waals surface area contributed by atoms with E-state index in [0.29, 0.717) is 0 Å². The molecular formula is C46H31N3S. The number of rotatable bonds is 5. The highest BCUT2D eigenvalue weighted by Crippen LogP contribution is 2.40. The fourth-order valence-corrected chi connectivity index (χ4v) is 8.58. The lowest BCUT2D eigenvalue weighted by Gasteiger charge is -2.26. The third-order valence-corrected chi connectivity index (χ3v) is 11.0. The highest BCUT2D eigenvalue weighted by atomic mass is 32.1. The second-order valence-electron chi connectivity index (χ2n) is 12.8. The predicted octanol–water partition coefficient (Wildman–Crippen LogP) is 12.0. The first-order valence-corrected chi connectivity index (χ1v) is 17.8. The SMILES string of the molecule is C1=C(c2ccc(-c3ccccc3)cc2)NC(c2cccc3c2c2ccccc2n3-c2ccc3sc4ccccc4c3c2)N=C1c1ccccc1. The molecule has 2 aromatic heterocycles. The smallest absolute Gasteiger partial charge is 0.146 e. The minimum Gasteiger partial charge on any atom is -0.359 e. The third-order valence-electron chi connectivity index (χ3n) is 9.86. The summed E-state index contributed by atoms with van der Waals surface area (Å²) < 4.78 is 5.05. The van der Waals surface area contributed by atoms with Gasteiger partial charge in [-0.05, 0) is 64.7 Å². The average Bonchev–Trinajstić information content (AvgIpc) is 3.74. The van der Waals surface area contributed by atoms with Crippen LogP contribution in [0.25, 0.3) is 64.5 Å². The first-order valence-electron chi connectivity index (χ1n) is 17.0. The van der Waals surface area contributed by atoms with Crippen LogP contribution in [0.4, 0.5) is 0 Å². The molecule has 0 fully saturated rings. The van der Waals surface area contributed by atoms with Crippen LogP contribution in [0.2, 0.25) is 0 Å². The van der Waals surface area contributed by atoms with Crippen molar-refractivity contribution in [2.75, 3.05) is 0 Å². The lowest BCUT2D eigenvalue weighted by Crippen LogP contribution is -2.25. The Hall–Kier alpha value is -6.23. The van der Waals surface area contributed by atoms with Crippen LogP contribution in [-0.4, -0.2) is 10.3 Å². The highest BCUT2D eigenvalue weighted by Gasteiger charge is 2.24. The van der Waals surface area contributed by atoms with E-state index >= 15 is 0 Å². The van der Waals surface area contributed by atoms with Crippen LogP contribution in [0.15, 0.2) is 181 Å². The summed E-state index contributed by atoms with van der Waals surface area (Å²) >= 11 is 1.85. The Morgan fingerprint density at radius 3 is 1.96 bits per heavy atom. The van der Waals surface area contributed by atoms with Gasteiger partial charge in [-0.2, -0.15) is 0 Å².